The molecule has 0 saturated heterocycles. The molecule has 0 spiro atoms. The summed E-state index contributed by atoms with van der Waals surface area (Å²) in [5.74, 6) is 0.667. The maximum absolute atomic E-state index is 12.3. The van der Waals surface area contributed by atoms with E-state index in [2.05, 4.69) is 10.1 Å². The number of nitrogens with zero attached hydrogens (tertiary/aromatic N) is 3. The zero-order valence-electron chi connectivity index (χ0n) is 11.1. The van der Waals surface area contributed by atoms with E-state index >= 15 is 0 Å². The third-order valence-electron chi connectivity index (χ3n) is 2.62. The van der Waals surface area contributed by atoms with Crippen molar-refractivity contribution in [2.24, 2.45) is 0 Å². The molecule has 2 heterocycles. The lowest BCUT2D eigenvalue weighted by Gasteiger charge is -2.16. The number of amides is 1. The summed E-state index contributed by atoms with van der Waals surface area (Å²) in [5, 5.41) is 4.62. The van der Waals surface area contributed by atoms with Crippen molar-refractivity contribution in [2.75, 3.05) is 13.3 Å². The van der Waals surface area contributed by atoms with Crippen molar-refractivity contribution in [1.29, 1.82) is 0 Å². The first-order valence-corrected chi connectivity index (χ1v) is 7.01. The lowest BCUT2D eigenvalue weighted by molar-refractivity contribution is 0.0778. The van der Waals surface area contributed by atoms with Gasteiger partial charge in [-0.05, 0) is 25.3 Å². The van der Waals surface area contributed by atoms with Gasteiger partial charge in [0.15, 0.2) is 0 Å². The van der Waals surface area contributed by atoms with Crippen LogP contribution in [-0.4, -0.2) is 34.3 Å². The number of pyridine rings is 1. The molecule has 0 aromatic carbocycles. The standard InChI is InChI=1S/C13H15N3O2S/c1-9-7-10(15-18-9)8-16(2)13(17)11-5-4-6-14-12(11)19-3/h4-7H,8H2,1-3H3. The second kappa shape index (κ2) is 5.88. The molecule has 6 heteroatoms. The molecule has 0 unspecified atom stereocenters. The van der Waals surface area contributed by atoms with Gasteiger partial charge in [0, 0.05) is 19.3 Å². The van der Waals surface area contributed by atoms with Gasteiger partial charge in [0.2, 0.25) is 0 Å². The molecule has 19 heavy (non-hydrogen) atoms. The molecule has 0 aliphatic rings. The Morgan fingerprint density at radius 2 is 2.32 bits per heavy atom. The summed E-state index contributed by atoms with van der Waals surface area (Å²) in [6.07, 6.45) is 3.59. The van der Waals surface area contributed by atoms with Crippen LogP contribution in [0.4, 0.5) is 0 Å². The van der Waals surface area contributed by atoms with Gasteiger partial charge < -0.3 is 9.42 Å². The Morgan fingerprint density at radius 1 is 1.53 bits per heavy atom. The lowest BCUT2D eigenvalue weighted by atomic mass is 10.2. The maximum Gasteiger partial charge on any atom is 0.256 e. The Morgan fingerprint density at radius 3 is 2.95 bits per heavy atom. The van der Waals surface area contributed by atoms with E-state index in [9.17, 15) is 4.79 Å². The first-order chi connectivity index (χ1) is 9.11. The molecule has 100 valence electrons. The van der Waals surface area contributed by atoms with Crippen molar-refractivity contribution >= 4 is 17.7 Å². The van der Waals surface area contributed by atoms with Gasteiger partial charge in [-0.15, -0.1) is 11.8 Å². The number of carbonyl (C=O) groups is 1. The summed E-state index contributed by atoms with van der Waals surface area (Å²) < 4.78 is 4.99. The fraction of sp³-hybridized carbons (Fsp3) is 0.308. The summed E-state index contributed by atoms with van der Waals surface area (Å²) in [4.78, 5) is 18.1. The number of rotatable bonds is 4. The highest BCUT2D eigenvalue weighted by Crippen LogP contribution is 2.19. The van der Waals surface area contributed by atoms with Gasteiger partial charge in [-0.25, -0.2) is 4.98 Å². The Labute approximate surface area is 116 Å². The monoisotopic (exact) mass is 277 g/mol. The van der Waals surface area contributed by atoms with Crippen LogP contribution in [0.15, 0.2) is 33.9 Å². The molecule has 2 aromatic rings. The van der Waals surface area contributed by atoms with Gasteiger partial charge in [0.05, 0.1) is 12.1 Å². The van der Waals surface area contributed by atoms with Crippen LogP contribution in [0.5, 0.6) is 0 Å². The second-order valence-corrected chi connectivity index (χ2v) is 4.95. The molecule has 0 bridgehead atoms. The molecule has 2 rings (SSSR count). The van der Waals surface area contributed by atoms with Crippen LogP contribution in [0.2, 0.25) is 0 Å². The zero-order valence-corrected chi connectivity index (χ0v) is 11.9. The quantitative estimate of drug-likeness (QED) is 0.803. The minimum atomic E-state index is -0.0712. The van der Waals surface area contributed by atoms with E-state index in [1.165, 1.54) is 11.8 Å². The van der Waals surface area contributed by atoms with E-state index in [0.717, 1.165) is 16.5 Å². The number of aryl methyl sites for hydroxylation is 1. The molecule has 1 amide bonds. The molecule has 2 aromatic heterocycles. The van der Waals surface area contributed by atoms with Gasteiger partial charge in [-0.3, -0.25) is 4.79 Å². The Kier molecular flexibility index (Phi) is 4.21. The number of aromatic nitrogens is 2. The van der Waals surface area contributed by atoms with Crippen LogP contribution in [0.1, 0.15) is 21.8 Å². The maximum atomic E-state index is 12.3. The summed E-state index contributed by atoms with van der Waals surface area (Å²) in [6.45, 7) is 2.24. The number of carbonyl (C=O) groups excluding carboxylic acids is 1. The smallest absolute Gasteiger partial charge is 0.256 e. The van der Waals surface area contributed by atoms with E-state index in [4.69, 9.17) is 4.52 Å². The minimum Gasteiger partial charge on any atom is -0.361 e. The zero-order chi connectivity index (χ0) is 13.8. The Hall–Kier alpha value is -1.82. The van der Waals surface area contributed by atoms with Gasteiger partial charge in [-0.2, -0.15) is 0 Å². The van der Waals surface area contributed by atoms with Gasteiger partial charge in [0.1, 0.15) is 16.5 Å². The highest BCUT2D eigenvalue weighted by Gasteiger charge is 2.17. The fourth-order valence-electron chi connectivity index (χ4n) is 1.73. The van der Waals surface area contributed by atoms with Crippen molar-refractivity contribution in [3.05, 3.63) is 41.4 Å². The van der Waals surface area contributed by atoms with Crippen LogP contribution in [-0.2, 0) is 6.54 Å². The van der Waals surface area contributed by atoms with E-state index in [0.29, 0.717) is 12.1 Å². The van der Waals surface area contributed by atoms with E-state index in [-0.39, 0.29) is 5.91 Å². The van der Waals surface area contributed by atoms with Gasteiger partial charge in [0.25, 0.3) is 5.91 Å². The largest absolute Gasteiger partial charge is 0.361 e. The molecule has 0 saturated carbocycles. The van der Waals surface area contributed by atoms with Gasteiger partial charge >= 0.3 is 0 Å². The van der Waals surface area contributed by atoms with E-state index < -0.39 is 0 Å². The van der Waals surface area contributed by atoms with Crippen LogP contribution in [0.3, 0.4) is 0 Å². The summed E-state index contributed by atoms with van der Waals surface area (Å²) in [7, 11) is 1.74. The van der Waals surface area contributed by atoms with Crippen LogP contribution >= 0.6 is 11.8 Å². The number of hydrogen-bond donors (Lipinski definition) is 0. The first kappa shape index (κ1) is 13.6. The first-order valence-electron chi connectivity index (χ1n) is 5.78. The Bertz CT molecular complexity index is 583. The molecule has 0 aliphatic heterocycles. The third-order valence-corrected chi connectivity index (χ3v) is 3.33. The van der Waals surface area contributed by atoms with Crippen molar-refractivity contribution in [1.82, 2.24) is 15.0 Å². The Balaban J connectivity index is 2.14. The van der Waals surface area contributed by atoms with Crippen LogP contribution in [0, 0.1) is 6.92 Å². The SMILES string of the molecule is CSc1ncccc1C(=O)N(C)Cc1cc(C)on1. The molecule has 0 aliphatic carbocycles. The van der Waals surface area contributed by atoms with Crippen LogP contribution in [0.25, 0.3) is 0 Å². The van der Waals surface area contributed by atoms with Crippen LogP contribution < -0.4 is 0 Å². The average molecular weight is 277 g/mol. The van der Waals surface area contributed by atoms with Gasteiger partial charge in [-0.1, -0.05) is 5.16 Å². The lowest BCUT2D eigenvalue weighted by Crippen LogP contribution is -2.27. The van der Waals surface area contributed by atoms with Crippen molar-refractivity contribution in [2.45, 2.75) is 18.5 Å². The van der Waals surface area contributed by atoms with Crippen molar-refractivity contribution in [3.8, 4) is 0 Å². The molecule has 0 radical (unpaired) electrons. The predicted molar refractivity (Wildman–Crippen MR) is 73.1 cm³/mol. The fourth-order valence-corrected chi connectivity index (χ4v) is 2.27. The van der Waals surface area contributed by atoms with E-state index in [1.807, 2.05) is 19.2 Å². The van der Waals surface area contributed by atoms with Crippen molar-refractivity contribution in [3.63, 3.8) is 0 Å². The molecule has 0 fully saturated rings. The second-order valence-electron chi connectivity index (χ2n) is 4.15. The topological polar surface area (TPSA) is 59.2 Å². The molecular weight excluding hydrogens is 262 g/mol. The molecular formula is C13H15N3O2S. The number of hydrogen-bond acceptors (Lipinski definition) is 5. The van der Waals surface area contributed by atoms with E-state index in [1.54, 1.807) is 30.3 Å². The van der Waals surface area contributed by atoms with Crippen molar-refractivity contribution < 1.29 is 9.32 Å². The third kappa shape index (κ3) is 3.14. The summed E-state index contributed by atoms with van der Waals surface area (Å²) in [6, 6.07) is 5.37. The normalized spacial score (nSPS) is 10.5. The average Bonchev–Trinajstić information content (AvgIpc) is 2.83. The predicted octanol–water partition coefficient (Wildman–Crippen LogP) is 2.37. The summed E-state index contributed by atoms with van der Waals surface area (Å²) in [5.41, 5.74) is 1.35. The molecule has 0 N–H and O–H groups in total. The summed E-state index contributed by atoms with van der Waals surface area (Å²) >= 11 is 1.46. The molecule has 5 nitrogen and oxygen atoms in total. The highest BCUT2D eigenvalue weighted by molar-refractivity contribution is 7.98. The minimum absolute atomic E-state index is 0.0712. The highest BCUT2D eigenvalue weighted by atomic mass is 32.2. The number of thioether (sulfide) groups is 1. The molecule has 0 atom stereocenters.